The van der Waals surface area contributed by atoms with Crippen LogP contribution in [0.15, 0.2) is 12.7 Å². The van der Waals surface area contributed by atoms with Gasteiger partial charge in [-0.1, -0.05) is 6.58 Å². The molecule has 0 aromatic carbocycles. The molecular weight excluding hydrogens is 298 g/mol. The van der Waals surface area contributed by atoms with Crippen LogP contribution >= 0.6 is 0 Å². The van der Waals surface area contributed by atoms with Gasteiger partial charge in [-0.3, -0.25) is 14.9 Å². The summed E-state index contributed by atoms with van der Waals surface area (Å²) in [5, 5.41) is 28.3. The minimum absolute atomic E-state index is 0.00377. The molecule has 1 amide bonds. The van der Waals surface area contributed by atoms with Crippen molar-refractivity contribution in [2.45, 2.75) is 18.5 Å². The number of hydrogen-bond donors (Lipinski definition) is 5. The van der Waals surface area contributed by atoms with E-state index in [-0.39, 0.29) is 26.1 Å². The third-order valence-corrected chi connectivity index (χ3v) is 2.74. The summed E-state index contributed by atoms with van der Waals surface area (Å²) in [7, 11) is 0. The summed E-state index contributed by atoms with van der Waals surface area (Å²) in [4.78, 5) is 44.8. The van der Waals surface area contributed by atoms with Crippen LogP contribution in [0.1, 0.15) is 6.42 Å². The van der Waals surface area contributed by atoms with Gasteiger partial charge in [0.05, 0.1) is 0 Å². The normalized spacial score (nSPS) is 11.7. The van der Waals surface area contributed by atoms with E-state index in [2.05, 4.69) is 11.9 Å². The van der Waals surface area contributed by atoms with Gasteiger partial charge in [-0.25, -0.2) is 9.59 Å². The highest BCUT2D eigenvalue weighted by Crippen LogP contribution is 1.97. The lowest BCUT2D eigenvalue weighted by molar-refractivity contribution is -0.151. The van der Waals surface area contributed by atoms with Gasteiger partial charge in [0, 0.05) is 19.6 Å². The number of amides is 1. The van der Waals surface area contributed by atoms with Gasteiger partial charge in [-0.05, 0) is 12.5 Å². The van der Waals surface area contributed by atoms with Crippen LogP contribution in [0.25, 0.3) is 0 Å². The Balaban J connectivity index is 4.51. The van der Waals surface area contributed by atoms with Crippen molar-refractivity contribution in [3.8, 4) is 0 Å². The molecule has 0 bridgehead atoms. The van der Waals surface area contributed by atoms with E-state index in [1.54, 1.807) is 0 Å². The first kappa shape index (κ1) is 19.5. The summed E-state index contributed by atoms with van der Waals surface area (Å²) in [5.41, 5.74) is 5.33. The average Bonchev–Trinajstić information content (AvgIpc) is 2.44. The smallest absolute Gasteiger partial charge is 0.332 e. The zero-order valence-electron chi connectivity index (χ0n) is 11.8. The van der Waals surface area contributed by atoms with Crippen molar-refractivity contribution in [2.75, 3.05) is 19.6 Å². The molecule has 0 saturated carbocycles. The monoisotopic (exact) mass is 317 g/mol. The van der Waals surface area contributed by atoms with Crippen molar-refractivity contribution in [2.24, 2.45) is 5.73 Å². The number of rotatable bonds is 11. The lowest BCUT2D eigenvalue weighted by atomic mass is 10.2. The van der Waals surface area contributed by atoms with E-state index >= 15 is 0 Å². The lowest BCUT2D eigenvalue weighted by Crippen LogP contribution is -2.47. The predicted molar refractivity (Wildman–Crippen MR) is 74.1 cm³/mol. The van der Waals surface area contributed by atoms with E-state index in [9.17, 15) is 19.2 Å². The first-order chi connectivity index (χ1) is 10.2. The van der Waals surface area contributed by atoms with Gasteiger partial charge in [0.15, 0.2) is 0 Å². The molecule has 10 nitrogen and oxygen atoms in total. The number of carbonyl (C=O) groups excluding carboxylic acids is 1. The molecule has 0 aliphatic heterocycles. The fraction of sp³-hybridized carbons (Fsp3) is 0.500. The number of nitrogens with one attached hydrogen (secondary N) is 1. The molecule has 0 aliphatic carbocycles. The zero-order chi connectivity index (χ0) is 17.3. The number of carboxylic acids is 3. The zero-order valence-corrected chi connectivity index (χ0v) is 11.8. The van der Waals surface area contributed by atoms with Crippen molar-refractivity contribution < 1.29 is 34.5 Å². The van der Waals surface area contributed by atoms with Crippen LogP contribution in [0, 0.1) is 0 Å². The van der Waals surface area contributed by atoms with Crippen LogP contribution in [0.2, 0.25) is 0 Å². The molecule has 0 spiro atoms. The van der Waals surface area contributed by atoms with E-state index in [1.165, 1.54) is 4.90 Å². The van der Waals surface area contributed by atoms with Gasteiger partial charge in [0.2, 0.25) is 11.9 Å². The van der Waals surface area contributed by atoms with Gasteiger partial charge in [0.25, 0.3) is 0 Å². The molecule has 0 aliphatic rings. The van der Waals surface area contributed by atoms with E-state index < -0.39 is 35.9 Å². The van der Waals surface area contributed by atoms with Crippen molar-refractivity contribution in [3.63, 3.8) is 0 Å². The summed E-state index contributed by atoms with van der Waals surface area (Å²) in [6.45, 7) is 3.19. The summed E-state index contributed by atoms with van der Waals surface area (Å²) >= 11 is 0. The van der Waals surface area contributed by atoms with Crippen LogP contribution < -0.4 is 11.1 Å². The average molecular weight is 317 g/mol. The molecule has 22 heavy (non-hydrogen) atoms. The molecule has 0 radical (unpaired) electrons. The molecule has 0 fully saturated rings. The van der Waals surface area contributed by atoms with Crippen molar-refractivity contribution in [1.82, 2.24) is 10.2 Å². The molecule has 6 N–H and O–H groups in total. The Kier molecular flexibility index (Phi) is 8.41. The van der Waals surface area contributed by atoms with E-state index in [0.29, 0.717) is 0 Å². The minimum atomic E-state index is -1.79. The Bertz CT molecular complexity index is 438. The van der Waals surface area contributed by atoms with Gasteiger partial charge in [0.1, 0.15) is 6.04 Å². The van der Waals surface area contributed by atoms with Crippen LogP contribution in [0.5, 0.6) is 0 Å². The molecule has 0 rings (SSSR count). The van der Waals surface area contributed by atoms with Crippen LogP contribution in [-0.2, 0) is 19.2 Å². The molecule has 0 heterocycles. The molecule has 1 unspecified atom stereocenters. The maximum Gasteiger partial charge on any atom is 0.332 e. The van der Waals surface area contributed by atoms with Crippen LogP contribution in [0.3, 0.4) is 0 Å². The third-order valence-electron chi connectivity index (χ3n) is 2.74. The molecule has 0 aromatic heterocycles. The SMILES string of the molecule is C=CC(=O)N(CCNC(C(=O)O)C(=O)O)CCC(N)C(=O)O. The second-order valence-corrected chi connectivity index (χ2v) is 4.33. The highest BCUT2D eigenvalue weighted by Gasteiger charge is 2.25. The Morgan fingerprint density at radius 1 is 1.09 bits per heavy atom. The van der Waals surface area contributed by atoms with Crippen molar-refractivity contribution >= 4 is 23.8 Å². The Hall–Kier alpha value is -2.46. The van der Waals surface area contributed by atoms with E-state index in [4.69, 9.17) is 21.1 Å². The lowest BCUT2D eigenvalue weighted by Gasteiger charge is -2.23. The molecule has 0 saturated heterocycles. The Morgan fingerprint density at radius 3 is 2.05 bits per heavy atom. The second-order valence-electron chi connectivity index (χ2n) is 4.33. The van der Waals surface area contributed by atoms with Gasteiger partial charge in [-0.2, -0.15) is 0 Å². The number of carbonyl (C=O) groups is 4. The highest BCUT2D eigenvalue weighted by atomic mass is 16.4. The second kappa shape index (κ2) is 9.47. The molecule has 1 atom stereocenters. The van der Waals surface area contributed by atoms with Gasteiger partial charge >= 0.3 is 17.9 Å². The van der Waals surface area contributed by atoms with Gasteiger partial charge in [-0.15, -0.1) is 0 Å². The fourth-order valence-electron chi connectivity index (χ4n) is 1.50. The number of hydrogen-bond acceptors (Lipinski definition) is 6. The van der Waals surface area contributed by atoms with Crippen molar-refractivity contribution in [3.05, 3.63) is 12.7 Å². The molecule has 124 valence electrons. The van der Waals surface area contributed by atoms with Gasteiger partial charge < -0.3 is 26.0 Å². The molecule has 10 heteroatoms. The Morgan fingerprint density at radius 2 is 1.64 bits per heavy atom. The number of nitrogens with zero attached hydrogens (tertiary/aromatic N) is 1. The Labute approximate surface area is 126 Å². The summed E-state index contributed by atoms with van der Waals surface area (Å²) in [6, 6.07) is -2.93. The fourth-order valence-corrected chi connectivity index (χ4v) is 1.50. The number of nitrogens with two attached hydrogens (primary N) is 1. The minimum Gasteiger partial charge on any atom is -0.480 e. The molecule has 0 aromatic rings. The van der Waals surface area contributed by atoms with E-state index in [1.807, 2.05) is 0 Å². The maximum absolute atomic E-state index is 11.6. The first-order valence-electron chi connectivity index (χ1n) is 6.29. The van der Waals surface area contributed by atoms with Crippen LogP contribution in [0.4, 0.5) is 0 Å². The number of aliphatic carboxylic acids is 3. The summed E-state index contributed by atoms with van der Waals surface area (Å²) < 4.78 is 0. The largest absolute Gasteiger partial charge is 0.480 e. The van der Waals surface area contributed by atoms with Crippen molar-refractivity contribution in [1.29, 1.82) is 0 Å². The summed E-state index contributed by atoms with van der Waals surface area (Å²) in [5.74, 6) is -4.81. The number of carboxylic acid groups (broad SMARTS) is 3. The standard InChI is InChI=1S/C12H19N3O7/c1-2-8(16)15(5-3-7(13)10(17)18)6-4-14-9(11(19)20)12(21)22/h2,7,9,14H,1,3-6,13H2,(H,17,18)(H,19,20)(H,21,22). The third kappa shape index (κ3) is 6.81. The van der Waals surface area contributed by atoms with Crippen LogP contribution in [-0.4, -0.2) is 75.8 Å². The quantitative estimate of drug-likeness (QED) is 0.212. The topological polar surface area (TPSA) is 170 Å². The predicted octanol–water partition coefficient (Wildman–Crippen LogP) is -2.07. The molecular formula is C12H19N3O7. The van der Waals surface area contributed by atoms with E-state index in [0.717, 1.165) is 6.08 Å². The first-order valence-corrected chi connectivity index (χ1v) is 6.29. The summed E-state index contributed by atoms with van der Waals surface area (Å²) in [6.07, 6.45) is 1.01. The maximum atomic E-state index is 11.6. The highest BCUT2D eigenvalue weighted by molar-refractivity contribution is 5.97.